The molecule has 424 valence electrons. The van der Waals surface area contributed by atoms with Crippen molar-refractivity contribution in [2.45, 2.75) is 335 Å². The zero-order valence-electron chi connectivity index (χ0n) is 48.7. The number of allylic oxidation sites excluding steroid dienone is 10. The van der Waals surface area contributed by atoms with Crippen LogP contribution in [0, 0.1) is 0 Å². The molecule has 0 rings (SSSR count). The number of rotatable bonds is 58. The number of esters is 3. The number of hydrogen-bond acceptors (Lipinski definition) is 6. The topological polar surface area (TPSA) is 78.9 Å². The van der Waals surface area contributed by atoms with Crippen LogP contribution in [-0.4, -0.2) is 37.2 Å². The lowest BCUT2D eigenvalue weighted by molar-refractivity contribution is -0.167. The molecule has 0 amide bonds. The third kappa shape index (κ3) is 59.9. The van der Waals surface area contributed by atoms with Crippen molar-refractivity contribution in [1.29, 1.82) is 0 Å². The summed E-state index contributed by atoms with van der Waals surface area (Å²) in [6.45, 7) is 6.50. The molecule has 0 aromatic rings. The van der Waals surface area contributed by atoms with Crippen molar-refractivity contribution in [3.8, 4) is 0 Å². The van der Waals surface area contributed by atoms with Crippen LogP contribution >= 0.6 is 0 Å². The van der Waals surface area contributed by atoms with Gasteiger partial charge in [-0.2, -0.15) is 0 Å². The Labute approximate surface area is 453 Å². The third-order valence-electron chi connectivity index (χ3n) is 14.0. The molecule has 0 aromatic carbocycles. The molecule has 6 nitrogen and oxygen atoms in total. The Kier molecular flexibility index (Phi) is 59.2. The van der Waals surface area contributed by atoms with Crippen molar-refractivity contribution in [1.82, 2.24) is 0 Å². The van der Waals surface area contributed by atoms with Gasteiger partial charge in [-0.25, -0.2) is 0 Å². The van der Waals surface area contributed by atoms with Gasteiger partial charge in [-0.05, 0) is 83.5 Å². The standard InChI is InChI=1S/C67H120O6/c1-4-7-10-13-16-18-20-22-24-26-28-29-30-31-32-33-34-35-36-37-38-39-40-42-43-45-47-49-51-54-57-60-66(69)72-63-64(62-71-65(68)59-56-53-15-12-9-6-3)73-67(70)61-58-55-52-50-48-46-44-41-27-25-23-21-19-17-14-11-8-5-2/h7,10,16,18,22,24-25,27-29,64H,4-6,8-9,11-15,17,19-21,23,26,30-63H2,1-3H3/b10-7-,18-16-,24-22-,27-25-,29-28-. The van der Waals surface area contributed by atoms with Crippen molar-refractivity contribution in [2.24, 2.45) is 0 Å². The van der Waals surface area contributed by atoms with Crippen molar-refractivity contribution in [3.63, 3.8) is 0 Å². The number of carbonyl (C=O) groups excluding carboxylic acids is 3. The predicted molar refractivity (Wildman–Crippen MR) is 316 cm³/mol. The largest absolute Gasteiger partial charge is 0.462 e. The van der Waals surface area contributed by atoms with Crippen LogP contribution in [0.3, 0.4) is 0 Å². The molecule has 73 heavy (non-hydrogen) atoms. The first-order valence-corrected chi connectivity index (χ1v) is 31.8. The summed E-state index contributed by atoms with van der Waals surface area (Å²) in [6, 6.07) is 0. The molecule has 0 aliphatic carbocycles. The number of unbranched alkanes of at least 4 members (excludes halogenated alkanes) is 37. The molecule has 0 spiro atoms. The minimum Gasteiger partial charge on any atom is -0.462 e. The molecule has 0 aromatic heterocycles. The monoisotopic (exact) mass is 1020 g/mol. The quantitative estimate of drug-likeness (QED) is 0.0261. The van der Waals surface area contributed by atoms with Crippen LogP contribution in [0.1, 0.15) is 329 Å². The van der Waals surface area contributed by atoms with Crippen LogP contribution in [-0.2, 0) is 28.6 Å². The van der Waals surface area contributed by atoms with Gasteiger partial charge in [0.05, 0.1) is 0 Å². The summed E-state index contributed by atoms with van der Waals surface area (Å²) in [5.74, 6) is -0.870. The predicted octanol–water partition coefficient (Wildman–Crippen LogP) is 21.6. The number of carbonyl (C=O) groups is 3. The van der Waals surface area contributed by atoms with Gasteiger partial charge in [-0.15, -0.1) is 0 Å². The summed E-state index contributed by atoms with van der Waals surface area (Å²) < 4.78 is 16.8. The van der Waals surface area contributed by atoms with E-state index in [-0.39, 0.29) is 31.1 Å². The van der Waals surface area contributed by atoms with E-state index in [0.29, 0.717) is 19.3 Å². The molecule has 0 saturated carbocycles. The van der Waals surface area contributed by atoms with Crippen LogP contribution in [0.5, 0.6) is 0 Å². The van der Waals surface area contributed by atoms with E-state index in [2.05, 4.69) is 81.5 Å². The fraction of sp³-hybridized carbons (Fsp3) is 0.806. The molecular formula is C67H120O6. The van der Waals surface area contributed by atoms with Gasteiger partial charge in [0.25, 0.3) is 0 Å². The van der Waals surface area contributed by atoms with Gasteiger partial charge in [-0.3, -0.25) is 14.4 Å². The summed E-state index contributed by atoms with van der Waals surface area (Å²) in [7, 11) is 0. The van der Waals surface area contributed by atoms with Crippen molar-refractivity contribution < 1.29 is 28.6 Å². The van der Waals surface area contributed by atoms with Crippen LogP contribution in [0.15, 0.2) is 60.8 Å². The Hall–Kier alpha value is -2.89. The minimum atomic E-state index is -0.770. The van der Waals surface area contributed by atoms with E-state index < -0.39 is 6.10 Å². The van der Waals surface area contributed by atoms with Gasteiger partial charge in [0.1, 0.15) is 13.2 Å². The maximum atomic E-state index is 12.8. The molecule has 1 atom stereocenters. The van der Waals surface area contributed by atoms with E-state index in [0.717, 1.165) is 83.5 Å². The molecule has 1 unspecified atom stereocenters. The molecule has 0 fully saturated rings. The minimum absolute atomic E-state index is 0.0716. The number of hydrogen-bond donors (Lipinski definition) is 0. The zero-order chi connectivity index (χ0) is 52.9. The van der Waals surface area contributed by atoms with E-state index in [1.807, 2.05) is 0 Å². The average Bonchev–Trinajstić information content (AvgIpc) is 3.39. The molecule has 0 bridgehead atoms. The van der Waals surface area contributed by atoms with Crippen LogP contribution < -0.4 is 0 Å². The highest BCUT2D eigenvalue weighted by Gasteiger charge is 2.19. The Morgan fingerprint density at radius 2 is 0.534 bits per heavy atom. The second kappa shape index (κ2) is 61.7. The maximum absolute atomic E-state index is 12.8. The molecule has 0 aliphatic heterocycles. The highest BCUT2D eigenvalue weighted by atomic mass is 16.6. The second-order valence-corrected chi connectivity index (χ2v) is 21.3. The maximum Gasteiger partial charge on any atom is 0.306 e. The summed E-state index contributed by atoms with van der Waals surface area (Å²) >= 11 is 0. The Morgan fingerprint density at radius 3 is 0.849 bits per heavy atom. The Bertz CT molecular complexity index is 1310. The molecule has 6 heteroatoms. The molecule has 0 saturated heterocycles. The van der Waals surface area contributed by atoms with Crippen molar-refractivity contribution in [2.75, 3.05) is 13.2 Å². The summed E-state index contributed by atoms with van der Waals surface area (Å²) in [5, 5.41) is 0. The van der Waals surface area contributed by atoms with Crippen LogP contribution in [0.4, 0.5) is 0 Å². The van der Waals surface area contributed by atoms with Gasteiger partial charge in [0, 0.05) is 19.3 Å². The molecular weight excluding hydrogens is 901 g/mol. The van der Waals surface area contributed by atoms with E-state index >= 15 is 0 Å². The lowest BCUT2D eigenvalue weighted by atomic mass is 10.0. The first kappa shape index (κ1) is 70.1. The average molecular weight is 1020 g/mol. The first-order chi connectivity index (χ1) is 36.0. The van der Waals surface area contributed by atoms with E-state index in [4.69, 9.17) is 14.2 Å². The Balaban J connectivity index is 3.99. The SMILES string of the molecule is CC/C=C\C/C=C\C/C=C\C/C=C\CCCCCCCCCCCCCCCCCCCCC(=O)OCC(COC(=O)CCCCCCCC)OC(=O)CCCCCCCCC/C=C\CCCCCCCCC. The second-order valence-electron chi connectivity index (χ2n) is 21.3. The van der Waals surface area contributed by atoms with E-state index in [9.17, 15) is 14.4 Å². The number of ether oxygens (including phenoxy) is 3. The van der Waals surface area contributed by atoms with E-state index in [1.165, 1.54) is 205 Å². The molecule has 0 N–H and O–H groups in total. The summed E-state index contributed by atoms with van der Waals surface area (Å²) in [4.78, 5) is 38.0. The molecule has 0 radical (unpaired) electrons. The summed E-state index contributed by atoms with van der Waals surface area (Å²) in [5.41, 5.74) is 0. The highest BCUT2D eigenvalue weighted by Crippen LogP contribution is 2.17. The summed E-state index contributed by atoms with van der Waals surface area (Å²) in [6.07, 6.45) is 78.4. The third-order valence-corrected chi connectivity index (χ3v) is 14.0. The molecule has 0 aliphatic rings. The van der Waals surface area contributed by atoms with Crippen LogP contribution in [0.2, 0.25) is 0 Å². The normalized spacial score (nSPS) is 12.4. The van der Waals surface area contributed by atoms with Gasteiger partial charge >= 0.3 is 17.9 Å². The fourth-order valence-corrected chi connectivity index (χ4v) is 9.25. The fourth-order valence-electron chi connectivity index (χ4n) is 9.25. The van der Waals surface area contributed by atoms with Gasteiger partial charge in [0.2, 0.25) is 0 Å². The van der Waals surface area contributed by atoms with Gasteiger partial charge in [-0.1, -0.05) is 287 Å². The van der Waals surface area contributed by atoms with E-state index in [1.54, 1.807) is 0 Å². The van der Waals surface area contributed by atoms with Gasteiger partial charge < -0.3 is 14.2 Å². The van der Waals surface area contributed by atoms with Crippen molar-refractivity contribution in [3.05, 3.63) is 60.8 Å². The zero-order valence-corrected chi connectivity index (χ0v) is 48.7. The Morgan fingerprint density at radius 1 is 0.288 bits per heavy atom. The lowest BCUT2D eigenvalue weighted by Gasteiger charge is -2.18. The van der Waals surface area contributed by atoms with Gasteiger partial charge in [0.15, 0.2) is 6.10 Å². The first-order valence-electron chi connectivity index (χ1n) is 31.8. The highest BCUT2D eigenvalue weighted by molar-refractivity contribution is 5.71. The smallest absolute Gasteiger partial charge is 0.306 e. The molecule has 0 heterocycles. The van der Waals surface area contributed by atoms with Crippen molar-refractivity contribution >= 4 is 17.9 Å². The lowest BCUT2D eigenvalue weighted by Crippen LogP contribution is -2.30. The van der Waals surface area contributed by atoms with Crippen LogP contribution in [0.25, 0.3) is 0 Å².